The van der Waals surface area contributed by atoms with Crippen molar-refractivity contribution in [2.45, 2.75) is 19.8 Å². The van der Waals surface area contributed by atoms with Crippen molar-refractivity contribution in [2.24, 2.45) is 5.92 Å². The maximum atomic E-state index is 9.37. The van der Waals surface area contributed by atoms with Gasteiger partial charge in [-0.15, -0.1) is 0 Å². The van der Waals surface area contributed by atoms with Crippen molar-refractivity contribution >= 4 is 11.6 Å². The standard InChI is InChI=1S/C18H22ClNO/c1-2-20-13-16(11-14-3-7-17(19)8-4-14)12-15-5-9-18(21)10-6-15/h3-10,16,20-21H,2,11-13H2,1H3. The van der Waals surface area contributed by atoms with E-state index in [2.05, 4.69) is 24.4 Å². The molecule has 0 radical (unpaired) electrons. The quantitative estimate of drug-likeness (QED) is 0.808. The third-order valence-corrected chi connectivity index (χ3v) is 3.83. The van der Waals surface area contributed by atoms with Crippen molar-refractivity contribution in [2.75, 3.05) is 13.1 Å². The van der Waals surface area contributed by atoms with Gasteiger partial charge in [0.05, 0.1) is 0 Å². The van der Waals surface area contributed by atoms with Crippen LogP contribution in [0.3, 0.4) is 0 Å². The zero-order valence-corrected chi connectivity index (χ0v) is 13.1. The van der Waals surface area contributed by atoms with Gasteiger partial charge in [0.25, 0.3) is 0 Å². The Bertz CT molecular complexity index is 489. The second-order valence-electron chi connectivity index (χ2n) is 5.37. The molecule has 1 atom stereocenters. The van der Waals surface area contributed by atoms with Crippen LogP contribution in [0.2, 0.25) is 5.02 Å². The molecule has 0 heterocycles. The van der Waals surface area contributed by atoms with Gasteiger partial charge in [0.1, 0.15) is 5.75 Å². The summed E-state index contributed by atoms with van der Waals surface area (Å²) < 4.78 is 0. The number of phenolic OH excluding ortho intramolecular Hbond substituents is 1. The molecular weight excluding hydrogens is 282 g/mol. The molecule has 0 aliphatic heterocycles. The SMILES string of the molecule is CCNCC(Cc1ccc(O)cc1)Cc1ccc(Cl)cc1. The minimum atomic E-state index is 0.319. The fourth-order valence-electron chi connectivity index (χ4n) is 2.48. The predicted octanol–water partition coefficient (Wildman–Crippen LogP) is 4.06. The summed E-state index contributed by atoms with van der Waals surface area (Å²) in [6.45, 7) is 4.09. The van der Waals surface area contributed by atoms with E-state index in [1.165, 1.54) is 11.1 Å². The summed E-state index contributed by atoms with van der Waals surface area (Å²) in [6, 6.07) is 15.6. The Balaban J connectivity index is 2.02. The van der Waals surface area contributed by atoms with Crippen LogP contribution in [0, 0.1) is 5.92 Å². The topological polar surface area (TPSA) is 32.3 Å². The lowest BCUT2D eigenvalue weighted by atomic mass is 9.92. The molecule has 0 spiro atoms. The number of hydrogen-bond donors (Lipinski definition) is 2. The Morgan fingerprint density at radius 1 is 0.952 bits per heavy atom. The number of halogens is 1. The van der Waals surface area contributed by atoms with Crippen LogP contribution >= 0.6 is 11.6 Å². The third-order valence-electron chi connectivity index (χ3n) is 3.58. The molecule has 0 amide bonds. The lowest BCUT2D eigenvalue weighted by Crippen LogP contribution is -2.25. The molecular formula is C18H22ClNO. The fourth-order valence-corrected chi connectivity index (χ4v) is 2.61. The summed E-state index contributed by atoms with van der Waals surface area (Å²) >= 11 is 5.94. The van der Waals surface area contributed by atoms with Crippen LogP contribution in [-0.4, -0.2) is 18.2 Å². The molecule has 0 saturated carbocycles. The molecule has 3 heteroatoms. The van der Waals surface area contributed by atoms with E-state index in [0.29, 0.717) is 11.7 Å². The minimum Gasteiger partial charge on any atom is -0.508 e. The van der Waals surface area contributed by atoms with E-state index in [1.807, 2.05) is 24.3 Å². The Labute approximate surface area is 131 Å². The summed E-state index contributed by atoms with van der Waals surface area (Å²) in [5, 5.41) is 13.6. The highest BCUT2D eigenvalue weighted by atomic mass is 35.5. The van der Waals surface area contributed by atoms with Crippen LogP contribution in [0.25, 0.3) is 0 Å². The van der Waals surface area contributed by atoms with Gasteiger partial charge in [0, 0.05) is 5.02 Å². The first kappa shape index (κ1) is 15.9. The minimum absolute atomic E-state index is 0.319. The molecule has 0 aliphatic rings. The number of rotatable bonds is 7. The number of hydrogen-bond acceptors (Lipinski definition) is 2. The first-order chi connectivity index (χ1) is 10.2. The molecule has 0 saturated heterocycles. The van der Waals surface area contributed by atoms with E-state index in [4.69, 9.17) is 11.6 Å². The second-order valence-corrected chi connectivity index (χ2v) is 5.81. The maximum absolute atomic E-state index is 9.37. The number of benzene rings is 2. The van der Waals surface area contributed by atoms with Crippen molar-refractivity contribution in [3.05, 3.63) is 64.7 Å². The highest BCUT2D eigenvalue weighted by Crippen LogP contribution is 2.18. The molecule has 21 heavy (non-hydrogen) atoms. The summed E-state index contributed by atoms with van der Waals surface area (Å²) in [5.74, 6) is 0.843. The number of aromatic hydroxyl groups is 1. The van der Waals surface area contributed by atoms with Crippen LogP contribution in [0.15, 0.2) is 48.5 Å². The van der Waals surface area contributed by atoms with Gasteiger partial charge in [-0.3, -0.25) is 0 Å². The van der Waals surface area contributed by atoms with E-state index >= 15 is 0 Å². The molecule has 2 aromatic carbocycles. The van der Waals surface area contributed by atoms with Crippen molar-refractivity contribution < 1.29 is 5.11 Å². The highest BCUT2D eigenvalue weighted by Gasteiger charge is 2.11. The van der Waals surface area contributed by atoms with Crippen molar-refractivity contribution in [3.63, 3.8) is 0 Å². The summed E-state index contributed by atoms with van der Waals surface area (Å²) in [4.78, 5) is 0. The maximum Gasteiger partial charge on any atom is 0.115 e. The molecule has 2 N–H and O–H groups in total. The normalized spacial score (nSPS) is 12.3. The van der Waals surface area contributed by atoms with Gasteiger partial charge >= 0.3 is 0 Å². The average molecular weight is 304 g/mol. The van der Waals surface area contributed by atoms with Gasteiger partial charge in [-0.2, -0.15) is 0 Å². The first-order valence-corrected chi connectivity index (χ1v) is 7.78. The van der Waals surface area contributed by atoms with Gasteiger partial charge < -0.3 is 10.4 Å². The third kappa shape index (κ3) is 5.41. The molecule has 0 bridgehead atoms. The van der Waals surface area contributed by atoms with E-state index in [1.54, 1.807) is 12.1 Å². The molecule has 0 aliphatic carbocycles. The monoisotopic (exact) mass is 303 g/mol. The highest BCUT2D eigenvalue weighted by molar-refractivity contribution is 6.30. The van der Waals surface area contributed by atoms with Gasteiger partial charge in [0.15, 0.2) is 0 Å². The van der Waals surface area contributed by atoms with Crippen LogP contribution in [0.1, 0.15) is 18.1 Å². The van der Waals surface area contributed by atoms with Crippen LogP contribution < -0.4 is 5.32 Å². The lowest BCUT2D eigenvalue weighted by Gasteiger charge is -2.18. The smallest absolute Gasteiger partial charge is 0.115 e. The predicted molar refractivity (Wildman–Crippen MR) is 89.0 cm³/mol. The van der Waals surface area contributed by atoms with Crippen molar-refractivity contribution in [1.82, 2.24) is 5.32 Å². The Morgan fingerprint density at radius 3 is 2.00 bits per heavy atom. The van der Waals surface area contributed by atoms with Crippen LogP contribution in [-0.2, 0) is 12.8 Å². The van der Waals surface area contributed by atoms with E-state index < -0.39 is 0 Å². The van der Waals surface area contributed by atoms with Crippen LogP contribution in [0.5, 0.6) is 5.75 Å². The van der Waals surface area contributed by atoms with E-state index in [9.17, 15) is 5.11 Å². The summed E-state index contributed by atoms with van der Waals surface area (Å²) in [6.07, 6.45) is 2.01. The Kier molecular flexibility index (Phi) is 6.09. The van der Waals surface area contributed by atoms with Gasteiger partial charge in [0.2, 0.25) is 0 Å². The summed E-state index contributed by atoms with van der Waals surface area (Å²) in [7, 11) is 0. The second kappa shape index (κ2) is 8.06. The average Bonchev–Trinajstić information content (AvgIpc) is 2.49. The van der Waals surface area contributed by atoms with Crippen LogP contribution in [0.4, 0.5) is 0 Å². The molecule has 2 aromatic rings. The molecule has 0 aromatic heterocycles. The Morgan fingerprint density at radius 2 is 1.48 bits per heavy atom. The zero-order valence-electron chi connectivity index (χ0n) is 12.3. The van der Waals surface area contributed by atoms with E-state index in [-0.39, 0.29) is 0 Å². The molecule has 0 fully saturated rings. The largest absolute Gasteiger partial charge is 0.508 e. The van der Waals surface area contributed by atoms with E-state index in [0.717, 1.165) is 31.0 Å². The molecule has 112 valence electrons. The first-order valence-electron chi connectivity index (χ1n) is 7.40. The zero-order chi connectivity index (χ0) is 15.1. The lowest BCUT2D eigenvalue weighted by molar-refractivity contribution is 0.470. The summed E-state index contributed by atoms with van der Waals surface area (Å²) in [5.41, 5.74) is 2.56. The number of phenols is 1. The Hall–Kier alpha value is -1.51. The molecule has 2 rings (SSSR count). The van der Waals surface area contributed by atoms with Gasteiger partial charge in [-0.1, -0.05) is 42.8 Å². The molecule has 2 nitrogen and oxygen atoms in total. The fraction of sp³-hybridized carbons (Fsp3) is 0.333. The van der Waals surface area contributed by atoms with Gasteiger partial charge in [-0.05, 0) is 67.2 Å². The van der Waals surface area contributed by atoms with Crippen molar-refractivity contribution in [3.8, 4) is 5.75 Å². The molecule has 1 unspecified atom stereocenters. The van der Waals surface area contributed by atoms with Gasteiger partial charge in [-0.25, -0.2) is 0 Å². The number of nitrogens with one attached hydrogen (secondary N) is 1. The van der Waals surface area contributed by atoms with Crippen molar-refractivity contribution in [1.29, 1.82) is 0 Å².